The first-order valence-corrected chi connectivity index (χ1v) is 6.20. The molecular weight excluding hydrogens is 287 g/mol. The first-order chi connectivity index (χ1) is 9.54. The van der Waals surface area contributed by atoms with E-state index < -0.39 is 35.9 Å². The maximum atomic E-state index is 12.3. The number of carbonyl (C=O) groups is 2. The van der Waals surface area contributed by atoms with Crippen molar-refractivity contribution in [3.8, 4) is 0 Å². The Morgan fingerprint density at radius 1 is 1.19 bits per heavy atom. The van der Waals surface area contributed by atoms with Crippen LogP contribution in [0.4, 0.5) is 13.2 Å². The second-order valence-electron chi connectivity index (χ2n) is 5.17. The molecular formula is C14H16F3NO3. The molecule has 0 aliphatic heterocycles. The molecule has 7 heteroatoms. The van der Waals surface area contributed by atoms with Gasteiger partial charge in [0.15, 0.2) is 0 Å². The molecule has 0 bridgehead atoms. The average molecular weight is 303 g/mol. The lowest BCUT2D eigenvalue weighted by Gasteiger charge is -2.26. The Morgan fingerprint density at radius 3 is 2.14 bits per heavy atom. The van der Waals surface area contributed by atoms with Crippen LogP contribution in [0.2, 0.25) is 0 Å². The zero-order valence-electron chi connectivity index (χ0n) is 11.6. The number of hydrogen-bond acceptors (Lipinski definition) is 2. The van der Waals surface area contributed by atoms with E-state index in [0.717, 1.165) is 0 Å². The summed E-state index contributed by atoms with van der Waals surface area (Å²) in [6.45, 7) is 3.04. The summed E-state index contributed by atoms with van der Waals surface area (Å²) >= 11 is 0. The van der Waals surface area contributed by atoms with Gasteiger partial charge >= 0.3 is 12.1 Å². The van der Waals surface area contributed by atoms with E-state index in [1.165, 1.54) is 13.8 Å². The van der Waals surface area contributed by atoms with Gasteiger partial charge in [-0.05, 0) is 19.4 Å². The van der Waals surface area contributed by atoms with Crippen LogP contribution in [0.5, 0.6) is 0 Å². The quantitative estimate of drug-likeness (QED) is 0.878. The summed E-state index contributed by atoms with van der Waals surface area (Å²) in [4.78, 5) is 23.0. The second-order valence-corrected chi connectivity index (χ2v) is 5.17. The Kier molecular flexibility index (Phi) is 4.98. The summed E-state index contributed by atoms with van der Waals surface area (Å²) in [6.07, 6.45) is -6.29. The normalized spacial score (nSPS) is 13.6. The number of aliphatic carboxylic acids is 1. The lowest BCUT2D eigenvalue weighted by atomic mass is 9.83. The van der Waals surface area contributed by atoms with Crippen molar-refractivity contribution < 1.29 is 27.9 Å². The number of carbonyl (C=O) groups excluding carboxylic acids is 1. The highest BCUT2D eigenvalue weighted by Gasteiger charge is 2.39. The van der Waals surface area contributed by atoms with E-state index in [0.29, 0.717) is 5.56 Å². The molecule has 1 unspecified atom stereocenters. The first-order valence-electron chi connectivity index (χ1n) is 6.20. The molecule has 0 fully saturated rings. The minimum atomic E-state index is -4.67. The molecule has 0 aliphatic carbocycles. The molecule has 2 N–H and O–H groups in total. The predicted molar refractivity (Wildman–Crippen MR) is 69.7 cm³/mol. The SMILES string of the molecule is CC(C)(C(=O)NC(CC(F)(F)F)C(=O)O)c1ccccc1. The second kappa shape index (κ2) is 6.15. The van der Waals surface area contributed by atoms with Gasteiger partial charge in [0, 0.05) is 0 Å². The Hall–Kier alpha value is -2.05. The highest BCUT2D eigenvalue weighted by atomic mass is 19.4. The van der Waals surface area contributed by atoms with Gasteiger partial charge in [-0.25, -0.2) is 4.79 Å². The third-order valence-electron chi connectivity index (χ3n) is 3.10. The number of halogens is 3. The molecule has 0 saturated carbocycles. The van der Waals surface area contributed by atoms with Crippen molar-refractivity contribution in [2.75, 3.05) is 0 Å². The van der Waals surface area contributed by atoms with Gasteiger partial charge in [0.2, 0.25) is 5.91 Å². The van der Waals surface area contributed by atoms with Gasteiger partial charge in [-0.2, -0.15) is 13.2 Å². The average Bonchev–Trinajstić information content (AvgIpc) is 2.37. The van der Waals surface area contributed by atoms with Gasteiger partial charge in [0.05, 0.1) is 11.8 Å². The zero-order chi connectivity index (χ0) is 16.3. The third kappa shape index (κ3) is 4.77. The smallest absolute Gasteiger partial charge is 0.391 e. The number of alkyl halides is 3. The fourth-order valence-electron chi connectivity index (χ4n) is 1.76. The molecule has 116 valence electrons. The standard InChI is InChI=1S/C14H16F3NO3/c1-13(2,9-6-4-3-5-7-9)12(21)18-10(11(19)20)8-14(15,16)17/h3-7,10H,8H2,1-2H3,(H,18,21)(H,19,20). The van der Waals surface area contributed by atoms with Crippen LogP contribution >= 0.6 is 0 Å². The molecule has 4 nitrogen and oxygen atoms in total. The van der Waals surface area contributed by atoms with Gasteiger partial charge < -0.3 is 10.4 Å². The van der Waals surface area contributed by atoms with E-state index >= 15 is 0 Å². The maximum absolute atomic E-state index is 12.3. The third-order valence-corrected chi connectivity index (χ3v) is 3.10. The van der Waals surface area contributed by atoms with Crippen molar-refractivity contribution in [2.45, 2.75) is 37.9 Å². The minimum absolute atomic E-state index is 0.582. The van der Waals surface area contributed by atoms with Crippen LogP contribution in [0, 0.1) is 0 Å². The lowest BCUT2D eigenvalue weighted by molar-refractivity contribution is -0.160. The largest absolute Gasteiger partial charge is 0.480 e. The lowest BCUT2D eigenvalue weighted by Crippen LogP contribution is -2.49. The van der Waals surface area contributed by atoms with Crippen LogP contribution in [0.25, 0.3) is 0 Å². The molecule has 21 heavy (non-hydrogen) atoms. The summed E-state index contributed by atoms with van der Waals surface area (Å²) in [7, 11) is 0. The Labute approximate surface area is 120 Å². The molecule has 1 rings (SSSR count). The fourth-order valence-corrected chi connectivity index (χ4v) is 1.76. The molecule has 1 amide bonds. The van der Waals surface area contributed by atoms with Gasteiger partial charge in [-0.3, -0.25) is 4.79 Å². The molecule has 0 spiro atoms. The Balaban J connectivity index is 2.89. The summed E-state index contributed by atoms with van der Waals surface area (Å²) in [6, 6.07) is 6.42. The van der Waals surface area contributed by atoms with E-state index in [1.807, 2.05) is 5.32 Å². The van der Waals surface area contributed by atoms with Crippen molar-refractivity contribution in [3.05, 3.63) is 35.9 Å². The van der Waals surface area contributed by atoms with Crippen molar-refractivity contribution in [3.63, 3.8) is 0 Å². The van der Waals surface area contributed by atoms with Crippen molar-refractivity contribution in [1.82, 2.24) is 5.32 Å². The van der Waals surface area contributed by atoms with Crippen LogP contribution in [0.3, 0.4) is 0 Å². The fraction of sp³-hybridized carbons (Fsp3) is 0.429. The summed E-state index contributed by atoms with van der Waals surface area (Å²) in [5, 5.41) is 10.8. The Morgan fingerprint density at radius 2 is 1.71 bits per heavy atom. The van der Waals surface area contributed by atoms with Crippen LogP contribution in [0.15, 0.2) is 30.3 Å². The van der Waals surface area contributed by atoms with E-state index in [1.54, 1.807) is 30.3 Å². The van der Waals surface area contributed by atoms with Crippen molar-refractivity contribution in [1.29, 1.82) is 0 Å². The van der Waals surface area contributed by atoms with E-state index in [9.17, 15) is 22.8 Å². The van der Waals surface area contributed by atoms with Crippen LogP contribution in [-0.2, 0) is 15.0 Å². The monoisotopic (exact) mass is 303 g/mol. The number of hydrogen-bond donors (Lipinski definition) is 2. The van der Waals surface area contributed by atoms with Gasteiger partial charge in [-0.15, -0.1) is 0 Å². The molecule has 0 aliphatic rings. The Bertz CT molecular complexity index is 512. The topological polar surface area (TPSA) is 66.4 Å². The van der Waals surface area contributed by atoms with Crippen molar-refractivity contribution >= 4 is 11.9 Å². The van der Waals surface area contributed by atoms with E-state index in [2.05, 4.69) is 0 Å². The number of rotatable bonds is 5. The number of benzene rings is 1. The molecule has 1 atom stereocenters. The predicted octanol–water partition coefficient (Wildman–Crippen LogP) is 2.49. The number of carboxylic acids is 1. The number of carboxylic acid groups (broad SMARTS) is 1. The van der Waals surface area contributed by atoms with Gasteiger partial charge in [0.1, 0.15) is 6.04 Å². The van der Waals surface area contributed by atoms with Crippen LogP contribution < -0.4 is 5.32 Å². The molecule has 0 heterocycles. The van der Waals surface area contributed by atoms with Gasteiger partial charge in [-0.1, -0.05) is 30.3 Å². The number of amides is 1. The van der Waals surface area contributed by atoms with E-state index in [-0.39, 0.29) is 0 Å². The summed E-state index contributed by atoms with van der Waals surface area (Å²) < 4.78 is 37.0. The zero-order valence-corrected chi connectivity index (χ0v) is 11.6. The van der Waals surface area contributed by atoms with Gasteiger partial charge in [0.25, 0.3) is 0 Å². The summed E-state index contributed by atoms with van der Waals surface area (Å²) in [5.74, 6) is -2.49. The molecule has 1 aromatic carbocycles. The van der Waals surface area contributed by atoms with Crippen LogP contribution in [-0.4, -0.2) is 29.2 Å². The van der Waals surface area contributed by atoms with Crippen LogP contribution in [0.1, 0.15) is 25.8 Å². The molecule has 0 radical (unpaired) electrons. The molecule has 0 saturated heterocycles. The highest BCUT2D eigenvalue weighted by molar-refractivity contribution is 5.90. The number of nitrogens with one attached hydrogen (secondary N) is 1. The maximum Gasteiger partial charge on any atom is 0.391 e. The van der Waals surface area contributed by atoms with Crippen molar-refractivity contribution in [2.24, 2.45) is 0 Å². The molecule has 0 aromatic heterocycles. The first kappa shape index (κ1) is 17.0. The summed E-state index contributed by atoms with van der Waals surface area (Å²) in [5.41, 5.74) is -0.556. The van der Waals surface area contributed by atoms with E-state index in [4.69, 9.17) is 5.11 Å². The minimum Gasteiger partial charge on any atom is -0.480 e. The highest BCUT2D eigenvalue weighted by Crippen LogP contribution is 2.25. The molecule has 1 aromatic rings.